The summed E-state index contributed by atoms with van der Waals surface area (Å²) in [6.07, 6.45) is 3.78. The predicted octanol–water partition coefficient (Wildman–Crippen LogP) is 4.82. The Balaban J connectivity index is 1.41. The molecule has 3 N–H and O–H groups in total. The largest absolute Gasteiger partial charge is 0.496 e. The van der Waals surface area contributed by atoms with Crippen LogP contribution in [-0.4, -0.2) is 74.3 Å². The van der Waals surface area contributed by atoms with E-state index in [1.807, 2.05) is 31.2 Å². The van der Waals surface area contributed by atoms with Crippen molar-refractivity contribution in [2.24, 2.45) is 11.8 Å². The first-order valence-electron chi connectivity index (χ1n) is 14.9. The number of amides is 1. The molecule has 3 heterocycles. The summed E-state index contributed by atoms with van der Waals surface area (Å²) in [4.78, 5) is 33.9. The number of aliphatic hydroxyl groups excluding tert-OH is 1. The van der Waals surface area contributed by atoms with Crippen molar-refractivity contribution in [3.8, 4) is 16.5 Å². The Bertz CT molecular complexity index is 1530. The van der Waals surface area contributed by atoms with E-state index >= 15 is 0 Å². The Kier molecular flexibility index (Phi) is 7.76. The average Bonchev–Trinajstić information content (AvgIpc) is 3.73. The molecular formula is C32H39N3O8S. The number of hydrogen-bond donors (Lipinski definition) is 3. The summed E-state index contributed by atoms with van der Waals surface area (Å²) in [6.45, 7) is 6.57. The molecule has 1 aromatic carbocycles. The molecule has 44 heavy (non-hydrogen) atoms. The molecule has 2 saturated carbocycles. The van der Waals surface area contributed by atoms with Gasteiger partial charge in [0.25, 0.3) is 5.91 Å². The Labute approximate surface area is 260 Å². The Morgan fingerprint density at radius 2 is 1.93 bits per heavy atom. The standard InChI is InChI=1S/C32H39N3O8S/c1-17-24-27(36)35(31(2,3)29(37)38)30(39)34(28(24)44-25(17)26-33-10-11-42-26)16-23(21-8-6-7-9-22(21)41-5)43-20-12-18-14-32(4,40)15-19(18)13-20/h6-11,18-20,23,30,39-40H,12-16H2,1-5H3,(H,37,38)/t18-,19?,20?,23?,30?,32?/m1/s1. The molecule has 12 heteroatoms. The summed E-state index contributed by atoms with van der Waals surface area (Å²) < 4.78 is 18.1. The van der Waals surface area contributed by atoms with Crippen molar-refractivity contribution in [3.05, 3.63) is 53.4 Å². The second-order valence-electron chi connectivity index (χ2n) is 13.0. The lowest BCUT2D eigenvalue weighted by Gasteiger charge is -2.47. The lowest BCUT2D eigenvalue weighted by Crippen LogP contribution is -2.65. The predicted molar refractivity (Wildman–Crippen MR) is 162 cm³/mol. The number of para-hydroxylation sites is 1. The minimum atomic E-state index is -1.73. The first-order valence-corrected chi connectivity index (χ1v) is 15.7. The first kappa shape index (κ1) is 30.6. The highest BCUT2D eigenvalue weighted by Crippen LogP contribution is 2.51. The fraction of sp³-hybridized carbons (Fsp3) is 0.531. The molecule has 3 aliphatic rings. The second kappa shape index (κ2) is 11.2. The van der Waals surface area contributed by atoms with E-state index < -0.39 is 35.5 Å². The summed E-state index contributed by atoms with van der Waals surface area (Å²) in [5.74, 6) is -0.152. The normalized spacial score (nSPS) is 27.4. The number of rotatable bonds is 9. The van der Waals surface area contributed by atoms with Gasteiger partial charge in [0.15, 0.2) is 0 Å². The maximum Gasteiger partial charge on any atom is 0.329 e. The highest BCUT2D eigenvalue weighted by atomic mass is 32.1. The molecule has 2 aliphatic carbocycles. The van der Waals surface area contributed by atoms with Crippen LogP contribution in [0.3, 0.4) is 0 Å². The molecule has 1 amide bonds. The molecule has 6 rings (SSSR count). The smallest absolute Gasteiger partial charge is 0.329 e. The van der Waals surface area contributed by atoms with E-state index in [-0.39, 0.29) is 12.6 Å². The number of carboxylic acid groups (broad SMARTS) is 1. The summed E-state index contributed by atoms with van der Waals surface area (Å²) in [5, 5.41) is 33.1. The van der Waals surface area contributed by atoms with Crippen LogP contribution in [-0.2, 0) is 9.53 Å². The van der Waals surface area contributed by atoms with Crippen LogP contribution in [0.2, 0.25) is 0 Å². The number of carbonyl (C=O) groups is 2. The molecule has 3 aromatic rings. The van der Waals surface area contributed by atoms with E-state index in [1.165, 1.54) is 37.6 Å². The first-order chi connectivity index (χ1) is 20.8. The summed E-state index contributed by atoms with van der Waals surface area (Å²) in [7, 11) is 1.59. The van der Waals surface area contributed by atoms with Gasteiger partial charge in [-0.3, -0.25) is 9.69 Å². The quantitative estimate of drug-likeness (QED) is 0.303. The van der Waals surface area contributed by atoms with Crippen molar-refractivity contribution < 1.29 is 38.8 Å². The maximum atomic E-state index is 14.0. The van der Waals surface area contributed by atoms with Crippen molar-refractivity contribution in [1.29, 1.82) is 0 Å². The summed E-state index contributed by atoms with van der Waals surface area (Å²) >= 11 is 1.26. The van der Waals surface area contributed by atoms with Crippen molar-refractivity contribution in [2.75, 3.05) is 18.6 Å². The third-order valence-electron chi connectivity index (χ3n) is 9.49. The van der Waals surface area contributed by atoms with Gasteiger partial charge in [0.2, 0.25) is 12.2 Å². The van der Waals surface area contributed by atoms with Gasteiger partial charge in [-0.15, -0.1) is 11.3 Å². The van der Waals surface area contributed by atoms with Crippen molar-refractivity contribution >= 4 is 28.2 Å². The summed E-state index contributed by atoms with van der Waals surface area (Å²) in [5.41, 5.74) is -0.730. The number of carboxylic acids is 1. The zero-order chi connectivity index (χ0) is 31.6. The minimum Gasteiger partial charge on any atom is -0.496 e. The molecule has 0 bridgehead atoms. The molecule has 6 atom stereocenters. The van der Waals surface area contributed by atoms with Crippen LogP contribution >= 0.6 is 11.3 Å². The van der Waals surface area contributed by atoms with Crippen LogP contribution in [0.5, 0.6) is 5.75 Å². The number of nitrogens with zero attached hydrogens (tertiary/aromatic N) is 3. The lowest BCUT2D eigenvalue weighted by atomic mass is 9.98. The number of aliphatic hydroxyl groups is 2. The van der Waals surface area contributed by atoms with E-state index in [1.54, 1.807) is 18.9 Å². The van der Waals surface area contributed by atoms with Crippen molar-refractivity contribution in [3.63, 3.8) is 0 Å². The van der Waals surface area contributed by atoms with Crippen LogP contribution in [0.4, 0.5) is 5.00 Å². The van der Waals surface area contributed by atoms with Gasteiger partial charge in [0.1, 0.15) is 28.7 Å². The van der Waals surface area contributed by atoms with E-state index in [0.29, 0.717) is 44.5 Å². The zero-order valence-electron chi connectivity index (χ0n) is 25.5. The van der Waals surface area contributed by atoms with Crippen LogP contribution in [0.1, 0.15) is 74.0 Å². The molecular weight excluding hydrogens is 586 g/mol. The average molecular weight is 626 g/mol. The van der Waals surface area contributed by atoms with Gasteiger partial charge in [-0.1, -0.05) is 18.2 Å². The molecule has 0 spiro atoms. The van der Waals surface area contributed by atoms with Crippen molar-refractivity contribution in [2.45, 2.75) is 83.1 Å². The van der Waals surface area contributed by atoms with E-state index in [0.717, 1.165) is 36.1 Å². The van der Waals surface area contributed by atoms with Gasteiger partial charge in [-0.2, -0.15) is 0 Å². The number of anilines is 1. The Morgan fingerprint density at radius 1 is 1.25 bits per heavy atom. The van der Waals surface area contributed by atoms with Crippen LogP contribution in [0, 0.1) is 18.8 Å². The number of aliphatic carboxylic acids is 1. The number of fused-ring (bicyclic) bond motifs is 2. The number of benzene rings is 1. The second-order valence-corrected chi connectivity index (χ2v) is 14.0. The molecule has 2 fully saturated rings. The maximum absolute atomic E-state index is 14.0. The van der Waals surface area contributed by atoms with Crippen LogP contribution in [0.15, 0.2) is 41.1 Å². The number of aromatic nitrogens is 1. The monoisotopic (exact) mass is 625 g/mol. The highest BCUT2D eigenvalue weighted by Gasteiger charge is 2.51. The number of hydrogen-bond acceptors (Lipinski definition) is 10. The fourth-order valence-electron chi connectivity index (χ4n) is 7.32. The van der Waals surface area contributed by atoms with Crippen LogP contribution in [0.25, 0.3) is 10.8 Å². The Hall–Kier alpha value is -3.45. The summed E-state index contributed by atoms with van der Waals surface area (Å²) in [6, 6.07) is 7.54. The lowest BCUT2D eigenvalue weighted by molar-refractivity contribution is -0.154. The molecule has 5 unspecified atom stereocenters. The molecule has 1 aliphatic heterocycles. The Morgan fingerprint density at radius 3 is 2.55 bits per heavy atom. The molecule has 0 radical (unpaired) electrons. The zero-order valence-corrected chi connectivity index (χ0v) is 26.3. The number of ether oxygens (including phenoxy) is 2. The van der Waals surface area contributed by atoms with Gasteiger partial charge in [0.05, 0.1) is 42.0 Å². The van der Waals surface area contributed by atoms with E-state index in [4.69, 9.17) is 13.9 Å². The third-order valence-corrected chi connectivity index (χ3v) is 10.8. The van der Waals surface area contributed by atoms with E-state index in [2.05, 4.69) is 4.98 Å². The molecule has 0 saturated heterocycles. The highest BCUT2D eigenvalue weighted by molar-refractivity contribution is 7.20. The van der Waals surface area contributed by atoms with E-state index in [9.17, 15) is 24.9 Å². The SMILES string of the molecule is COc1ccccc1C(CN1c2sc(-c3ncco3)c(C)c2C(=O)N(C(C)(C)C(=O)O)C1O)OC1CC2CC(C)(O)C[C@H]2C1. The van der Waals surface area contributed by atoms with Gasteiger partial charge in [-0.25, -0.2) is 9.78 Å². The van der Waals surface area contributed by atoms with Gasteiger partial charge >= 0.3 is 5.97 Å². The molecule has 236 valence electrons. The van der Waals surface area contributed by atoms with Gasteiger partial charge < -0.3 is 34.1 Å². The van der Waals surface area contributed by atoms with Gasteiger partial charge in [-0.05, 0) is 76.8 Å². The molecule has 11 nitrogen and oxygen atoms in total. The van der Waals surface area contributed by atoms with Crippen LogP contribution < -0.4 is 9.64 Å². The number of methoxy groups -OCH3 is 1. The number of carbonyl (C=O) groups excluding carboxylic acids is 1. The third kappa shape index (κ3) is 5.17. The molecule has 2 aromatic heterocycles. The van der Waals surface area contributed by atoms with Gasteiger partial charge in [0, 0.05) is 5.56 Å². The minimum absolute atomic E-state index is 0.0847. The number of oxazole rings is 1. The topological polar surface area (TPSA) is 146 Å². The van der Waals surface area contributed by atoms with Crippen molar-refractivity contribution in [1.82, 2.24) is 9.88 Å². The number of thiophene rings is 1. The fourth-order valence-corrected chi connectivity index (χ4v) is 8.59.